The highest BCUT2D eigenvalue weighted by Gasteiger charge is 2.21. The second kappa shape index (κ2) is 9.11. The normalized spacial score (nSPS) is 11.0. The molecule has 0 aliphatic rings. The zero-order valence-electron chi connectivity index (χ0n) is 16.6. The van der Waals surface area contributed by atoms with Gasteiger partial charge in [0.15, 0.2) is 11.4 Å². The summed E-state index contributed by atoms with van der Waals surface area (Å²) in [5.74, 6) is 1.59. The monoisotopic (exact) mass is 399 g/mol. The molecule has 6 heteroatoms. The number of carbonyl (C=O) groups excluding carboxylic acids is 1. The lowest BCUT2D eigenvalue weighted by Gasteiger charge is -2.18. The number of amides is 1. The fraction of sp³-hybridized carbons (Fsp3) is 0.364. The summed E-state index contributed by atoms with van der Waals surface area (Å²) < 4.78 is 7.97. The van der Waals surface area contributed by atoms with Gasteiger partial charge in [0.2, 0.25) is 5.91 Å². The number of unbranched alkanes of at least 4 members (excludes halogenated alkanes) is 1. The van der Waals surface area contributed by atoms with Crippen LogP contribution < -0.4 is 9.64 Å². The Morgan fingerprint density at radius 2 is 2.07 bits per heavy atom. The maximum absolute atomic E-state index is 12.6. The maximum Gasteiger partial charge on any atom is 0.227 e. The minimum absolute atomic E-state index is 0.101. The lowest BCUT2D eigenvalue weighted by Crippen LogP contribution is -2.28. The third kappa shape index (κ3) is 4.30. The van der Waals surface area contributed by atoms with Crippen LogP contribution in [0.4, 0.5) is 5.82 Å². The number of aromatic nitrogens is 2. The summed E-state index contributed by atoms with van der Waals surface area (Å²) in [5.41, 5.74) is 2.58. The van der Waals surface area contributed by atoms with E-state index in [0.29, 0.717) is 29.4 Å². The van der Waals surface area contributed by atoms with Crippen LogP contribution in [-0.4, -0.2) is 22.3 Å². The number of anilines is 1. The van der Waals surface area contributed by atoms with E-state index in [-0.39, 0.29) is 5.91 Å². The predicted octanol–water partition coefficient (Wildman–Crippen LogP) is 5.28. The summed E-state index contributed by atoms with van der Waals surface area (Å²) in [6.45, 7) is 4.53. The first-order chi connectivity index (χ1) is 13.5. The standard InChI is InChI=1S/C22H26ClN3O2/c1-4-6-12-20(27)25(3)22-18(5-2)24-21-19(11-8-13-26(21)22)28-15-16-9-7-10-17(23)14-16/h7-11,13-14H,4-6,12,15H2,1-3H3. The van der Waals surface area contributed by atoms with E-state index in [2.05, 4.69) is 6.92 Å². The van der Waals surface area contributed by atoms with Gasteiger partial charge in [0.1, 0.15) is 12.4 Å². The lowest BCUT2D eigenvalue weighted by atomic mass is 10.2. The molecule has 1 amide bonds. The van der Waals surface area contributed by atoms with Crippen molar-refractivity contribution >= 4 is 29.0 Å². The van der Waals surface area contributed by atoms with Gasteiger partial charge in [0.25, 0.3) is 0 Å². The van der Waals surface area contributed by atoms with E-state index in [4.69, 9.17) is 21.3 Å². The van der Waals surface area contributed by atoms with E-state index in [0.717, 1.165) is 36.3 Å². The van der Waals surface area contributed by atoms with Crippen LogP contribution >= 0.6 is 11.6 Å². The average molecular weight is 400 g/mol. The Kier molecular flexibility index (Phi) is 6.57. The molecule has 0 spiro atoms. The van der Waals surface area contributed by atoms with Crippen molar-refractivity contribution in [1.82, 2.24) is 9.38 Å². The first kappa shape index (κ1) is 20.2. The van der Waals surface area contributed by atoms with Crippen molar-refractivity contribution < 1.29 is 9.53 Å². The quantitative estimate of drug-likeness (QED) is 0.517. The van der Waals surface area contributed by atoms with Crippen molar-refractivity contribution in [1.29, 1.82) is 0 Å². The number of imidazole rings is 1. The summed E-state index contributed by atoms with van der Waals surface area (Å²) in [5, 5.41) is 0.683. The third-order valence-corrected chi connectivity index (χ3v) is 4.95. The van der Waals surface area contributed by atoms with E-state index in [1.54, 1.807) is 4.90 Å². The third-order valence-electron chi connectivity index (χ3n) is 4.71. The first-order valence-electron chi connectivity index (χ1n) is 9.68. The van der Waals surface area contributed by atoms with Gasteiger partial charge in [-0.25, -0.2) is 4.98 Å². The summed E-state index contributed by atoms with van der Waals surface area (Å²) in [4.78, 5) is 19.1. The fourth-order valence-corrected chi connectivity index (χ4v) is 3.40. The molecule has 0 saturated heterocycles. The predicted molar refractivity (Wildman–Crippen MR) is 113 cm³/mol. The number of rotatable bonds is 8. The summed E-state index contributed by atoms with van der Waals surface area (Å²) in [7, 11) is 1.82. The molecular formula is C22H26ClN3O2. The number of nitrogens with zero attached hydrogens (tertiary/aromatic N) is 3. The Balaban J connectivity index is 1.92. The molecule has 3 aromatic rings. The highest BCUT2D eigenvalue weighted by Crippen LogP contribution is 2.29. The van der Waals surface area contributed by atoms with Gasteiger partial charge in [-0.15, -0.1) is 0 Å². The number of pyridine rings is 1. The highest BCUT2D eigenvalue weighted by molar-refractivity contribution is 6.30. The number of hydrogen-bond acceptors (Lipinski definition) is 3. The SMILES string of the molecule is CCCCC(=O)N(C)c1c(CC)nc2c(OCc3cccc(Cl)c3)cccn12. The van der Waals surface area contributed by atoms with Crippen molar-refractivity contribution in [2.75, 3.05) is 11.9 Å². The molecule has 148 valence electrons. The van der Waals surface area contributed by atoms with Gasteiger partial charge in [0.05, 0.1) is 5.69 Å². The Morgan fingerprint density at radius 1 is 1.25 bits per heavy atom. The molecule has 0 radical (unpaired) electrons. The summed E-state index contributed by atoms with van der Waals surface area (Å²) in [6.07, 6.45) is 5.07. The summed E-state index contributed by atoms with van der Waals surface area (Å²) in [6, 6.07) is 11.4. The Labute approximate surface area is 170 Å². The molecule has 0 aliphatic heterocycles. The number of benzene rings is 1. The molecule has 0 saturated carbocycles. The topological polar surface area (TPSA) is 46.8 Å². The number of hydrogen-bond donors (Lipinski definition) is 0. The van der Waals surface area contributed by atoms with E-state index in [1.165, 1.54) is 0 Å². The van der Waals surface area contributed by atoms with Crippen LogP contribution in [-0.2, 0) is 17.8 Å². The van der Waals surface area contributed by atoms with Crippen LogP contribution in [0, 0.1) is 0 Å². The van der Waals surface area contributed by atoms with Gasteiger partial charge >= 0.3 is 0 Å². The smallest absolute Gasteiger partial charge is 0.227 e. The number of aryl methyl sites for hydroxylation is 1. The van der Waals surface area contributed by atoms with Crippen molar-refractivity contribution in [3.05, 3.63) is 58.9 Å². The molecule has 0 unspecified atom stereocenters. The van der Waals surface area contributed by atoms with Crippen LogP contribution in [0.5, 0.6) is 5.75 Å². The molecule has 0 bridgehead atoms. The van der Waals surface area contributed by atoms with Gasteiger partial charge in [-0.1, -0.05) is 44.0 Å². The fourth-order valence-electron chi connectivity index (χ4n) is 3.18. The number of halogens is 1. The number of fused-ring (bicyclic) bond motifs is 1. The van der Waals surface area contributed by atoms with Crippen molar-refractivity contribution in [3.63, 3.8) is 0 Å². The molecule has 0 atom stereocenters. The number of ether oxygens (including phenoxy) is 1. The molecule has 2 heterocycles. The zero-order chi connectivity index (χ0) is 20.1. The minimum Gasteiger partial charge on any atom is -0.485 e. The van der Waals surface area contributed by atoms with Gasteiger partial charge in [-0.2, -0.15) is 0 Å². The Morgan fingerprint density at radius 3 is 2.79 bits per heavy atom. The van der Waals surface area contributed by atoms with Crippen LogP contribution in [0.3, 0.4) is 0 Å². The number of carbonyl (C=O) groups is 1. The van der Waals surface area contributed by atoms with Gasteiger partial charge < -0.3 is 4.74 Å². The average Bonchev–Trinajstić information content (AvgIpc) is 3.09. The van der Waals surface area contributed by atoms with Crippen LogP contribution in [0.25, 0.3) is 5.65 Å². The van der Waals surface area contributed by atoms with E-state index < -0.39 is 0 Å². The molecule has 5 nitrogen and oxygen atoms in total. The molecule has 0 fully saturated rings. The first-order valence-corrected chi connectivity index (χ1v) is 10.1. The van der Waals surface area contributed by atoms with E-state index in [1.807, 2.05) is 61.0 Å². The minimum atomic E-state index is 0.101. The van der Waals surface area contributed by atoms with Crippen molar-refractivity contribution in [2.24, 2.45) is 0 Å². The molecule has 28 heavy (non-hydrogen) atoms. The van der Waals surface area contributed by atoms with Crippen molar-refractivity contribution in [3.8, 4) is 5.75 Å². The van der Waals surface area contributed by atoms with E-state index >= 15 is 0 Å². The van der Waals surface area contributed by atoms with Crippen LogP contribution in [0.1, 0.15) is 44.4 Å². The van der Waals surface area contributed by atoms with Crippen LogP contribution in [0.2, 0.25) is 5.02 Å². The molecule has 3 rings (SSSR count). The van der Waals surface area contributed by atoms with Gasteiger partial charge in [-0.05, 0) is 42.7 Å². The van der Waals surface area contributed by atoms with E-state index in [9.17, 15) is 4.79 Å². The Hall–Kier alpha value is -2.53. The Bertz CT molecular complexity index is 968. The molecule has 1 aromatic carbocycles. The largest absolute Gasteiger partial charge is 0.485 e. The maximum atomic E-state index is 12.6. The molecule has 2 aromatic heterocycles. The summed E-state index contributed by atoms with van der Waals surface area (Å²) >= 11 is 6.06. The highest BCUT2D eigenvalue weighted by atomic mass is 35.5. The van der Waals surface area contributed by atoms with Crippen LogP contribution in [0.15, 0.2) is 42.6 Å². The lowest BCUT2D eigenvalue weighted by molar-refractivity contribution is -0.118. The second-order valence-electron chi connectivity index (χ2n) is 6.78. The zero-order valence-corrected chi connectivity index (χ0v) is 17.4. The van der Waals surface area contributed by atoms with Crippen molar-refractivity contribution in [2.45, 2.75) is 46.1 Å². The van der Waals surface area contributed by atoms with Gasteiger partial charge in [-0.3, -0.25) is 14.1 Å². The molecular weight excluding hydrogens is 374 g/mol. The molecule has 0 aliphatic carbocycles. The van der Waals surface area contributed by atoms with Gasteiger partial charge in [0, 0.05) is 24.7 Å². The molecule has 0 N–H and O–H groups in total. The second-order valence-corrected chi connectivity index (χ2v) is 7.21.